The fourth-order valence-corrected chi connectivity index (χ4v) is 3.60. The zero-order valence-corrected chi connectivity index (χ0v) is 16.5. The normalized spacial score (nSPS) is 16.1. The zero-order valence-electron chi connectivity index (χ0n) is 16.5. The molecule has 2 aromatic heterocycles. The van der Waals surface area contributed by atoms with E-state index in [9.17, 15) is 4.79 Å². The van der Waals surface area contributed by atoms with Gasteiger partial charge in [0.05, 0.1) is 32.0 Å². The SMILES string of the molecule is COc1ccc(C(=O)NCCn2nc([C@H]3CCNC3)c3nccnc32)c(OC)c1. The zero-order chi connectivity index (χ0) is 20.2. The molecule has 3 heterocycles. The number of aromatic nitrogens is 4. The number of methoxy groups -OCH3 is 2. The summed E-state index contributed by atoms with van der Waals surface area (Å²) in [4.78, 5) is 21.5. The van der Waals surface area contributed by atoms with Gasteiger partial charge in [0.1, 0.15) is 17.0 Å². The van der Waals surface area contributed by atoms with Crippen molar-refractivity contribution in [2.75, 3.05) is 33.9 Å². The highest BCUT2D eigenvalue weighted by molar-refractivity contribution is 5.97. The molecular weight excluding hydrogens is 372 g/mol. The van der Waals surface area contributed by atoms with Gasteiger partial charge in [-0.1, -0.05) is 0 Å². The first-order valence-electron chi connectivity index (χ1n) is 9.59. The molecule has 1 amide bonds. The van der Waals surface area contributed by atoms with Crippen LogP contribution in [0.25, 0.3) is 11.2 Å². The Hall–Kier alpha value is -3.20. The average molecular weight is 396 g/mol. The van der Waals surface area contributed by atoms with Crippen LogP contribution in [-0.2, 0) is 6.54 Å². The van der Waals surface area contributed by atoms with Crippen LogP contribution < -0.4 is 20.1 Å². The van der Waals surface area contributed by atoms with Crippen molar-refractivity contribution in [2.45, 2.75) is 18.9 Å². The predicted molar refractivity (Wildman–Crippen MR) is 107 cm³/mol. The quantitative estimate of drug-likeness (QED) is 0.621. The van der Waals surface area contributed by atoms with E-state index in [1.54, 1.807) is 37.7 Å². The van der Waals surface area contributed by atoms with Crippen LogP contribution in [-0.4, -0.2) is 59.5 Å². The van der Waals surface area contributed by atoms with Gasteiger partial charge in [-0.15, -0.1) is 0 Å². The number of rotatable bonds is 7. The molecule has 9 heteroatoms. The number of fused-ring (bicyclic) bond motifs is 1. The molecule has 3 aromatic rings. The number of amides is 1. The second-order valence-electron chi connectivity index (χ2n) is 6.85. The van der Waals surface area contributed by atoms with Gasteiger partial charge in [0.2, 0.25) is 0 Å². The van der Waals surface area contributed by atoms with Crippen molar-refractivity contribution in [1.29, 1.82) is 0 Å². The van der Waals surface area contributed by atoms with Crippen LogP contribution in [0.15, 0.2) is 30.6 Å². The van der Waals surface area contributed by atoms with Crippen LogP contribution in [0.3, 0.4) is 0 Å². The Morgan fingerprint density at radius 1 is 1.28 bits per heavy atom. The maximum atomic E-state index is 12.6. The molecule has 0 radical (unpaired) electrons. The predicted octanol–water partition coefficient (Wildman–Crippen LogP) is 1.35. The summed E-state index contributed by atoms with van der Waals surface area (Å²) in [5.41, 5.74) is 3.01. The van der Waals surface area contributed by atoms with E-state index in [-0.39, 0.29) is 5.91 Å². The molecule has 0 spiro atoms. The largest absolute Gasteiger partial charge is 0.497 e. The van der Waals surface area contributed by atoms with E-state index >= 15 is 0 Å². The van der Waals surface area contributed by atoms with Gasteiger partial charge in [-0.2, -0.15) is 5.10 Å². The third-order valence-corrected chi connectivity index (χ3v) is 5.10. The second kappa shape index (κ2) is 8.44. The molecule has 0 saturated carbocycles. The molecule has 1 saturated heterocycles. The van der Waals surface area contributed by atoms with Crippen molar-refractivity contribution in [1.82, 2.24) is 30.4 Å². The number of ether oxygens (including phenoxy) is 2. The molecule has 1 aliphatic rings. The Labute approximate surface area is 168 Å². The minimum Gasteiger partial charge on any atom is -0.497 e. The standard InChI is InChI=1S/C20H24N6O3/c1-28-14-3-4-15(16(11-14)29-2)20(27)24-9-10-26-19-18(22-7-8-23-19)17(25-26)13-5-6-21-12-13/h3-4,7-8,11,13,21H,5-6,9-10,12H2,1-2H3,(H,24,27)/t13-/m0/s1. The fourth-order valence-electron chi connectivity index (χ4n) is 3.60. The summed E-state index contributed by atoms with van der Waals surface area (Å²) in [7, 11) is 3.10. The molecule has 2 N–H and O–H groups in total. The Morgan fingerprint density at radius 3 is 2.90 bits per heavy atom. The van der Waals surface area contributed by atoms with Gasteiger partial charge in [0.15, 0.2) is 5.65 Å². The maximum Gasteiger partial charge on any atom is 0.255 e. The van der Waals surface area contributed by atoms with E-state index < -0.39 is 0 Å². The highest BCUT2D eigenvalue weighted by atomic mass is 16.5. The molecule has 0 aliphatic carbocycles. The molecular formula is C20H24N6O3. The lowest BCUT2D eigenvalue weighted by molar-refractivity contribution is 0.0949. The Kier molecular flexibility index (Phi) is 5.57. The molecule has 4 rings (SSSR count). The van der Waals surface area contributed by atoms with Crippen LogP contribution in [0.1, 0.15) is 28.4 Å². The van der Waals surface area contributed by atoms with E-state index in [4.69, 9.17) is 14.6 Å². The minimum absolute atomic E-state index is 0.215. The van der Waals surface area contributed by atoms with Crippen LogP contribution in [0.5, 0.6) is 11.5 Å². The number of hydrogen-bond donors (Lipinski definition) is 2. The summed E-state index contributed by atoms with van der Waals surface area (Å²) in [6.45, 7) is 2.79. The molecule has 0 bridgehead atoms. The lowest BCUT2D eigenvalue weighted by Crippen LogP contribution is -2.28. The number of benzene rings is 1. The van der Waals surface area contributed by atoms with Gasteiger partial charge in [-0.25, -0.2) is 14.6 Å². The van der Waals surface area contributed by atoms with Gasteiger partial charge in [-0.05, 0) is 25.1 Å². The van der Waals surface area contributed by atoms with E-state index in [0.29, 0.717) is 36.1 Å². The minimum atomic E-state index is -0.215. The maximum absolute atomic E-state index is 12.6. The Bertz CT molecular complexity index is 1010. The Morgan fingerprint density at radius 2 is 2.14 bits per heavy atom. The van der Waals surface area contributed by atoms with Crippen LogP contribution in [0, 0.1) is 0 Å². The number of nitrogens with one attached hydrogen (secondary N) is 2. The molecule has 29 heavy (non-hydrogen) atoms. The van der Waals surface area contributed by atoms with Crippen molar-refractivity contribution < 1.29 is 14.3 Å². The lowest BCUT2D eigenvalue weighted by atomic mass is 10.0. The van der Waals surface area contributed by atoms with E-state index in [1.807, 2.05) is 4.68 Å². The monoisotopic (exact) mass is 396 g/mol. The van der Waals surface area contributed by atoms with Gasteiger partial charge in [0, 0.05) is 37.5 Å². The first kappa shape index (κ1) is 19.1. The van der Waals surface area contributed by atoms with Gasteiger partial charge >= 0.3 is 0 Å². The highest BCUT2D eigenvalue weighted by Crippen LogP contribution is 2.27. The first-order valence-corrected chi connectivity index (χ1v) is 9.59. The summed E-state index contributed by atoms with van der Waals surface area (Å²) in [6, 6.07) is 5.11. The highest BCUT2D eigenvalue weighted by Gasteiger charge is 2.24. The molecule has 1 aromatic carbocycles. The molecule has 1 atom stereocenters. The topological polar surface area (TPSA) is 103 Å². The van der Waals surface area contributed by atoms with Crippen LogP contribution in [0.2, 0.25) is 0 Å². The average Bonchev–Trinajstić information content (AvgIpc) is 3.41. The summed E-state index contributed by atoms with van der Waals surface area (Å²) < 4.78 is 12.3. The second-order valence-corrected chi connectivity index (χ2v) is 6.85. The summed E-state index contributed by atoms with van der Waals surface area (Å²) in [5.74, 6) is 1.23. The third kappa shape index (κ3) is 3.86. The van der Waals surface area contributed by atoms with Gasteiger partial charge in [0.25, 0.3) is 5.91 Å². The number of carbonyl (C=O) groups is 1. The molecule has 9 nitrogen and oxygen atoms in total. The number of carbonyl (C=O) groups excluding carboxylic acids is 1. The van der Waals surface area contributed by atoms with Crippen molar-refractivity contribution in [3.05, 3.63) is 41.9 Å². The molecule has 0 unspecified atom stereocenters. The number of hydrogen-bond acceptors (Lipinski definition) is 7. The van der Waals surface area contributed by atoms with Gasteiger partial charge < -0.3 is 20.1 Å². The van der Waals surface area contributed by atoms with Crippen molar-refractivity contribution in [2.24, 2.45) is 0 Å². The lowest BCUT2D eigenvalue weighted by Gasteiger charge is -2.11. The van der Waals surface area contributed by atoms with Crippen molar-refractivity contribution in [3.63, 3.8) is 0 Å². The van der Waals surface area contributed by atoms with E-state index in [1.165, 1.54) is 7.11 Å². The molecule has 152 valence electrons. The van der Waals surface area contributed by atoms with E-state index in [0.717, 1.165) is 36.4 Å². The van der Waals surface area contributed by atoms with Crippen LogP contribution in [0.4, 0.5) is 0 Å². The van der Waals surface area contributed by atoms with Crippen molar-refractivity contribution >= 4 is 17.1 Å². The summed E-state index contributed by atoms with van der Waals surface area (Å²) in [6.07, 6.45) is 4.40. The third-order valence-electron chi connectivity index (χ3n) is 5.10. The fraction of sp³-hybridized carbons (Fsp3) is 0.400. The smallest absolute Gasteiger partial charge is 0.255 e. The molecule has 1 fully saturated rings. The van der Waals surface area contributed by atoms with Gasteiger partial charge in [-0.3, -0.25) is 4.79 Å². The first-order chi connectivity index (χ1) is 14.2. The van der Waals surface area contributed by atoms with Crippen molar-refractivity contribution in [3.8, 4) is 11.5 Å². The van der Waals surface area contributed by atoms with Crippen LogP contribution >= 0.6 is 0 Å². The summed E-state index contributed by atoms with van der Waals surface area (Å²) in [5, 5.41) is 11.0. The Balaban J connectivity index is 1.47. The summed E-state index contributed by atoms with van der Waals surface area (Å²) >= 11 is 0. The number of nitrogens with zero attached hydrogens (tertiary/aromatic N) is 4. The van der Waals surface area contributed by atoms with E-state index in [2.05, 4.69) is 20.6 Å². The molecule has 1 aliphatic heterocycles.